The van der Waals surface area contributed by atoms with E-state index in [0.717, 1.165) is 5.69 Å². The molecule has 2 aromatic rings. The number of nitriles is 1. The van der Waals surface area contributed by atoms with Crippen molar-refractivity contribution in [3.63, 3.8) is 0 Å². The maximum Gasteiger partial charge on any atom is 0.223 e. The summed E-state index contributed by atoms with van der Waals surface area (Å²) >= 11 is 3.38. The van der Waals surface area contributed by atoms with E-state index in [2.05, 4.69) is 27.4 Å². The van der Waals surface area contributed by atoms with Crippen LogP contribution in [-0.4, -0.2) is 0 Å². The molecule has 0 aliphatic carbocycles. The molecule has 1 aromatic carbocycles. The smallest absolute Gasteiger partial charge is 0.223 e. The lowest BCUT2D eigenvalue weighted by molar-refractivity contribution is 0.440. The molecule has 0 fully saturated rings. The molecule has 0 spiro atoms. The fraction of sp³-hybridized carbons (Fsp3) is 0.250. The zero-order chi connectivity index (χ0) is 16.1. The van der Waals surface area contributed by atoms with Gasteiger partial charge in [0.1, 0.15) is 11.8 Å². The normalized spacial score (nSPS) is 15.5. The first kappa shape index (κ1) is 14.8. The van der Waals surface area contributed by atoms with Crippen LogP contribution in [0.4, 0.5) is 11.6 Å². The van der Waals surface area contributed by atoms with Crippen molar-refractivity contribution in [2.24, 2.45) is 0 Å². The summed E-state index contributed by atoms with van der Waals surface area (Å²) in [6.45, 7) is 5.60. The third-order valence-electron chi connectivity index (χ3n) is 3.60. The second-order valence-electron chi connectivity index (χ2n) is 5.75. The number of fused-ring (bicyclic) bond motifs is 1. The van der Waals surface area contributed by atoms with Gasteiger partial charge in [0, 0.05) is 10.5 Å². The number of nitrogens with one attached hydrogen (secondary N) is 1. The number of benzene rings is 1. The lowest BCUT2D eigenvalue weighted by atomic mass is 9.97. The monoisotopic (exact) mass is 359 g/mol. The Balaban J connectivity index is 2.19. The maximum absolute atomic E-state index is 12.3. The molecule has 0 amide bonds. The molecule has 1 aromatic heterocycles. The van der Waals surface area contributed by atoms with Crippen molar-refractivity contribution in [3.8, 4) is 6.07 Å². The van der Waals surface area contributed by atoms with Crippen molar-refractivity contribution < 1.29 is 4.42 Å². The molecule has 6 heteroatoms. The summed E-state index contributed by atoms with van der Waals surface area (Å²) in [5.74, 6) is 1.05. The van der Waals surface area contributed by atoms with Crippen molar-refractivity contribution in [3.05, 3.63) is 55.8 Å². The largest absolute Gasteiger partial charge is 0.443 e. The van der Waals surface area contributed by atoms with Gasteiger partial charge in [-0.2, -0.15) is 5.26 Å². The molecule has 5 nitrogen and oxygen atoms in total. The van der Waals surface area contributed by atoms with Crippen LogP contribution in [0.15, 0.2) is 37.9 Å². The molecule has 1 aliphatic heterocycles. The summed E-state index contributed by atoms with van der Waals surface area (Å²) in [4.78, 5) is 12.3. The Morgan fingerprint density at radius 3 is 2.73 bits per heavy atom. The van der Waals surface area contributed by atoms with Gasteiger partial charge in [-0.1, -0.05) is 0 Å². The Kier molecular flexibility index (Phi) is 3.35. The van der Waals surface area contributed by atoms with Crippen molar-refractivity contribution >= 4 is 27.5 Å². The van der Waals surface area contributed by atoms with E-state index >= 15 is 0 Å². The van der Waals surface area contributed by atoms with Gasteiger partial charge in [0.05, 0.1) is 22.4 Å². The van der Waals surface area contributed by atoms with E-state index in [1.54, 1.807) is 18.0 Å². The van der Waals surface area contributed by atoms with Gasteiger partial charge in [0.15, 0.2) is 5.43 Å². The van der Waals surface area contributed by atoms with Gasteiger partial charge < -0.3 is 4.42 Å². The molecule has 0 atom stereocenters. The van der Waals surface area contributed by atoms with E-state index in [1.165, 1.54) is 6.07 Å². The van der Waals surface area contributed by atoms with Crippen LogP contribution in [0.2, 0.25) is 0 Å². The maximum atomic E-state index is 12.3. The van der Waals surface area contributed by atoms with Gasteiger partial charge in [0.2, 0.25) is 5.88 Å². The summed E-state index contributed by atoms with van der Waals surface area (Å²) in [6.07, 6.45) is 0. The van der Waals surface area contributed by atoms with Gasteiger partial charge in [-0.25, -0.2) is 10.4 Å². The highest BCUT2D eigenvalue weighted by Crippen LogP contribution is 2.40. The van der Waals surface area contributed by atoms with E-state index < -0.39 is 5.54 Å². The molecule has 0 bridgehead atoms. The topological polar surface area (TPSA) is 69.3 Å². The van der Waals surface area contributed by atoms with Crippen LogP contribution in [0.3, 0.4) is 0 Å². The number of hydrogen-bond donors (Lipinski definition) is 1. The van der Waals surface area contributed by atoms with Gasteiger partial charge in [-0.05, 0) is 54.9 Å². The van der Waals surface area contributed by atoms with Crippen molar-refractivity contribution in [2.75, 3.05) is 5.01 Å². The van der Waals surface area contributed by atoms with Crippen LogP contribution >= 0.6 is 15.9 Å². The zero-order valence-electron chi connectivity index (χ0n) is 12.4. The first-order valence-electron chi connectivity index (χ1n) is 6.76. The Hall–Kier alpha value is -2.10. The SMILES string of the molecule is Cc1cc(=O)c2c(o1)N(c1ccc(C#N)c(Br)c1)NC2(C)C. The number of hydrazine groups is 1. The minimum atomic E-state index is -0.538. The van der Waals surface area contributed by atoms with Crippen LogP contribution in [0.5, 0.6) is 0 Å². The Morgan fingerprint density at radius 2 is 2.09 bits per heavy atom. The van der Waals surface area contributed by atoms with Gasteiger partial charge >= 0.3 is 0 Å². The number of nitrogens with zero attached hydrogens (tertiary/aromatic N) is 2. The highest BCUT2D eigenvalue weighted by atomic mass is 79.9. The van der Waals surface area contributed by atoms with Crippen molar-refractivity contribution in [2.45, 2.75) is 26.3 Å². The van der Waals surface area contributed by atoms with Gasteiger partial charge in [-0.15, -0.1) is 0 Å². The number of hydrogen-bond acceptors (Lipinski definition) is 5. The fourth-order valence-corrected chi connectivity index (χ4v) is 3.09. The molecule has 3 rings (SSSR count). The Morgan fingerprint density at radius 1 is 1.36 bits per heavy atom. The molecular formula is C16H14BrN3O2. The predicted molar refractivity (Wildman–Crippen MR) is 86.9 cm³/mol. The molecule has 1 N–H and O–H groups in total. The summed E-state index contributed by atoms with van der Waals surface area (Å²) in [5, 5.41) is 10.8. The van der Waals surface area contributed by atoms with Crippen molar-refractivity contribution in [1.82, 2.24) is 5.43 Å². The molecule has 0 saturated heterocycles. The molecule has 0 radical (unpaired) electrons. The lowest BCUT2D eigenvalue weighted by Crippen LogP contribution is -2.40. The van der Waals surface area contributed by atoms with Crippen molar-refractivity contribution in [1.29, 1.82) is 5.26 Å². The minimum absolute atomic E-state index is 0.0496. The van der Waals surface area contributed by atoms with E-state index in [9.17, 15) is 4.79 Å². The number of anilines is 2. The van der Waals surface area contributed by atoms with E-state index in [-0.39, 0.29) is 5.43 Å². The Labute approximate surface area is 136 Å². The fourth-order valence-electron chi connectivity index (χ4n) is 2.63. The zero-order valence-corrected chi connectivity index (χ0v) is 14.0. The second-order valence-corrected chi connectivity index (χ2v) is 6.60. The van der Waals surface area contributed by atoms with Gasteiger partial charge in [-0.3, -0.25) is 4.79 Å². The molecule has 112 valence electrons. The molecular weight excluding hydrogens is 346 g/mol. The summed E-state index contributed by atoms with van der Waals surface area (Å²) in [7, 11) is 0. The first-order chi connectivity index (χ1) is 10.3. The van der Waals surface area contributed by atoms with Crippen LogP contribution < -0.4 is 15.9 Å². The van der Waals surface area contributed by atoms with Gasteiger partial charge in [0.25, 0.3) is 0 Å². The number of aryl methyl sites for hydroxylation is 1. The quantitative estimate of drug-likeness (QED) is 0.843. The molecule has 0 saturated carbocycles. The molecule has 2 heterocycles. The van der Waals surface area contributed by atoms with Crippen LogP contribution in [0, 0.1) is 18.3 Å². The van der Waals surface area contributed by atoms with Crippen LogP contribution in [0.25, 0.3) is 0 Å². The predicted octanol–water partition coefficient (Wildman–Crippen LogP) is 3.47. The van der Waals surface area contributed by atoms with E-state index in [0.29, 0.717) is 27.2 Å². The first-order valence-corrected chi connectivity index (χ1v) is 7.55. The highest BCUT2D eigenvalue weighted by molar-refractivity contribution is 9.10. The number of rotatable bonds is 1. The van der Waals surface area contributed by atoms with E-state index in [4.69, 9.17) is 9.68 Å². The lowest BCUT2D eigenvalue weighted by Gasteiger charge is -2.23. The Bertz CT molecular complexity index is 865. The third-order valence-corrected chi connectivity index (χ3v) is 4.26. The summed E-state index contributed by atoms with van der Waals surface area (Å²) in [5.41, 5.74) is 4.62. The average Bonchev–Trinajstić information content (AvgIpc) is 2.70. The molecule has 0 unspecified atom stereocenters. The molecule has 22 heavy (non-hydrogen) atoms. The average molecular weight is 360 g/mol. The van der Waals surface area contributed by atoms with Crippen LogP contribution in [-0.2, 0) is 5.54 Å². The minimum Gasteiger partial charge on any atom is -0.443 e. The summed E-state index contributed by atoms with van der Waals surface area (Å²) in [6, 6.07) is 8.96. The number of halogens is 1. The standard InChI is InChI=1S/C16H14BrN3O2/c1-9-6-13(21)14-15(22-9)20(19-16(14,2)3)11-5-4-10(8-18)12(17)7-11/h4-7,19H,1-3H3. The highest BCUT2D eigenvalue weighted by Gasteiger charge is 2.40. The molecule has 1 aliphatic rings. The second kappa shape index (κ2) is 4.97. The van der Waals surface area contributed by atoms with E-state index in [1.807, 2.05) is 26.0 Å². The summed E-state index contributed by atoms with van der Waals surface area (Å²) < 4.78 is 6.47. The third kappa shape index (κ3) is 2.23. The van der Waals surface area contributed by atoms with Crippen LogP contribution in [0.1, 0.15) is 30.7 Å².